The molecule has 3 aromatic rings. The Morgan fingerprint density at radius 3 is 2.09 bits per heavy atom. The number of benzene rings is 3. The van der Waals surface area contributed by atoms with Crippen molar-refractivity contribution in [2.24, 2.45) is 0 Å². The van der Waals surface area contributed by atoms with Crippen LogP contribution in [0.15, 0.2) is 72.4 Å². The van der Waals surface area contributed by atoms with Crippen molar-refractivity contribution in [3.8, 4) is 11.5 Å². The number of nitrogens with zero attached hydrogens (tertiary/aromatic N) is 1. The van der Waals surface area contributed by atoms with E-state index in [0.29, 0.717) is 34.0 Å². The molecule has 0 aromatic heterocycles. The van der Waals surface area contributed by atoms with Crippen LogP contribution in [0.25, 0.3) is 5.57 Å². The van der Waals surface area contributed by atoms with Gasteiger partial charge in [-0.2, -0.15) is 0 Å². The lowest BCUT2D eigenvalue weighted by atomic mass is 10.0. The van der Waals surface area contributed by atoms with Gasteiger partial charge in [0.1, 0.15) is 17.2 Å². The van der Waals surface area contributed by atoms with Crippen molar-refractivity contribution >= 4 is 28.8 Å². The van der Waals surface area contributed by atoms with E-state index in [4.69, 9.17) is 9.47 Å². The fourth-order valence-electron chi connectivity index (χ4n) is 3.90. The summed E-state index contributed by atoms with van der Waals surface area (Å²) in [5, 5.41) is 3.18. The average Bonchev–Trinajstić information content (AvgIpc) is 3.06. The van der Waals surface area contributed by atoms with E-state index in [0.717, 1.165) is 11.1 Å². The molecule has 0 atom stereocenters. The molecule has 1 heterocycles. The van der Waals surface area contributed by atoms with E-state index in [9.17, 15) is 9.59 Å². The lowest BCUT2D eigenvalue weighted by Gasteiger charge is -2.19. The van der Waals surface area contributed by atoms with Crippen LogP contribution in [0.1, 0.15) is 30.5 Å². The van der Waals surface area contributed by atoms with Gasteiger partial charge in [0.2, 0.25) is 0 Å². The molecular weight excluding hydrogens is 428 g/mol. The smallest absolute Gasteiger partial charge is 0.282 e. The minimum Gasteiger partial charge on any atom is -0.497 e. The van der Waals surface area contributed by atoms with Crippen LogP contribution in [0.3, 0.4) is 0 Å². The molecule has 1 aliphatic heterocycles. The zero-order valence-corrected chi connectivity index (χ0v) is 20.0. The van der Waals surface area contributed by atoms with Gasteiger partial charge in [0.05, 0.1) is 24.5 Å². The Morgan fingerprint density at radius 1 is 0.824 bits per heavy atom. The SMILES string of the molecule is COc1ccc(NC2=C(c3ccc(OC(C)C)cc3)C(=O)N(c3cccc(C)c3C)C2=O)cc1. The number of imide groups is 1. The number of ether oxygens (including phenoxy) is 2. The molecule has 34 heavy (non-hydrogen) atoms. The van der Waals surface area contributed by atoms with Gasteiger partial charge in [-0.15, -0.1) is 0 Å². The third kappa shape index (κ3) is 4.39. The molecule has 0 unspecified atom stereocenters. The second kappa shape index (κ2) is 9.43. The van der Waals surface area contributed by atoms with Gasteiger partial charge in [-0.05, 0) is 86.8 Å². The molecule has 0 bridgehead atoms. The summed E-state index contributed by atoms with van der Waals surface area (Å²) in [5.74, 6) is 0.637. The quantitative estimate of drug-likeness (QED) is 0.476. The van der Waals surface area contributed by atoms with Crippen LogP contribution >= 0.6 is 0 Å². The third-order valence-electron chi connectivity index (χ3n) is 5.77. The normalized spacial score (nSPS) is 13.6. The highest BCUT2D eigenvalue weighted by molar-refractivity contribution is 6.46. The molecule has 1 aliphatic rings. The number of rotatable bonds is 7. The molecule has 0 spiro atoms. The monoisotopic (exact) mass is 456 g/mol. The van der Waals surface area contributed by atoms with E-state index in [1.54, 1.807) is 49.6 Å². The maximum absolute atomic E-state index is 13.7. The van der Waals surface area contributed by atoms with Gasteiger partial charge in [-0.1, -0.05) is 24.3 Å². The number of hydrogen-bond acceptors (Lipinski definition) is 5. The highest BCUT2D eigenvalue weighted by Crippen LogP contribution is 2.36. The number of carbonyl (C=O) groups excluding carboxylic acids is 2. The Kier molecular flexibility index (Phi) is 6.41. The fraction of sp³-hybridized carbons (Fsp3) is 0.214. The summed E-state index contributed by atoms with van der Waals surface area (Å²) in [6, 6.07) is 20.1. The lowest BCUT2D eigenvalue weighted by molar-refractivity contribution is -0.120. The van der Waals surface area contributed by atoms with Gasteiger partial charge in [0, 0.05) is 5.69 Å². The van der Waals surface area contributed by atoms with Gasteiger partial charge in [-0.3, -0.25) is 9.59 Å². The van der Waals surface area contributed by atoms with Crippen molar-refractivity contribution in [2.45, 2.75) is 33.8 Å². The predicted molar refractivity (Wildman–Crippen MR) is 134 cm³/mol. The lowest BCUT2D eigenvalue weighted by Crippen LogP contribution is -2.33. The van der Waals surface area contributed by atoms with Crippen LogP contribution in [0.2, 0.25) is 0 Å². The summed E-state index contributed by atoms with van der Waals surface area (Å²) >= 11 is 0. The van der Waals surface area contributed by atoms with E-state index >= 15 is 0 Å². The molecule has 174 valence electrons. The Labute approximate surface area is 199 Å². The molecule has 0 saturated heterocycles. The Morgan fingerprint density at radius 2 is 1.47 bits per heavy atom. The van der Waals surface area contributed by atoms with E-state index in [1.165, 1.54) is 4.90 Å². The molecule has 3 aromatic carbocycles. The molecule has 0 aliphatic carbocycles. The zero-order valence-electron chi connectivity index (χ0n) is 20.0. The van der Waals surface area contributed by atoms with E-state index < -0.39 is 5.91 Å². The molecule has 4 rings (SSSR count). The Hall–Kier alpha value is -4.06. The molecule has 1 N–H and O–H groups in total. The zero-order chi connectivity index (χ0) is 24.4. The first-order chi connectivity index (χ1) is 16.3. The van der Waals surface area contributed by atoms with E-state index in [1.807, 2.05) is 52.0 Å². The summed E-state index contributed by atoms with van der Waals surface area (Å²) in [7, 11) is 1.59. The van der Waals surface area contributed by atoms with Gasteiger partial charge >= 0.3 is 0 Å². The topological polar surface area (TPSA) is 67.9 Å². The molecule has 0 saturated carbocycles. The predicted octanol–water partition coefficient (Wildman–Crippen LogP) is 5.50. The number of anilines is 2. The Bertz CT molecular complexity index is 1260. The second-order valence-electron chi connectivity index (χ2n) is 8.46. The van der Waals surface area contributed by atoms with E-state index in [-0.39, 0.29) is 17.7 Å². The first-order valence-electron chi connectivity index (χ1n) is 11.2. The highest BCUT2D eigenvalue weighted by Gasteiger charge is 2.41. The molecule has 0 radical (unpaired) electrons. The van der Waals surface area contributed by atoms with Crippen LogP contribution in [0.5, 0.6) is 11.5 Å². The summed E-state index contributed by atoms with van der Waals surface area (Å²) < 4.78 is 11.0. The van der Waals surface area contributed by atoms with Crippen LogP contribution in [0.4, 0.5) is 11.4 Å². The number of amides is 2. The first kappa shape index (κ1) is 23.1. The number of nitrogens with one attached hydrogen (secondary N) is 1. The summed E-state index contributed by atoms with van der Waals surface area (Å²) in [6.07, 6.45) is 0.0341. The minimum atomic E-state index is -0.396. The minimum absolute atomic E-state index is 0.0341. The summed E-state index contributed by atoms with van der Waals surface area (Å²) in [4.78, 5) is 28.6. The molecule has 6 heteroatoms. The summed E-state index contributed by atoms with van der Waals surface area (Å²) in [6.45, 7) is 7.78. The third-order valence-corrected chi connectivity index (χ3v) is 5.77. The van der Waals surface area contributed by atoms with Crippen LogP contribution < -0.4 is 19.7 Å². The van der Waals surface area contributed by atoms with Crippen molar-refractivity contribution in [3.05, 3.63) is 89.1 Å². The molecular formula is C28H28N2O4. The number of methoxy groups -OCH3 is 1. The maximum atomic E-state index is 13.7. The van der Waals surface area contributed by atoms with Gasteiger partial charge < -0.3 is 14.8 Å². The van der Waals surface area contributed by atoms with Crippen LogP contribution in [-0.2, 0) is 9.59 Å². The molecule has 2 amide bonds. The fourth-order valence-corrected chi connectivity index (χ4v) is 3.90. The van der Waals surface area contributed by atoms with Gasteiger partial charge in [0.15, 0.2) is 0 Å². The Balaban J connectivity index is 1.79. The van der Waals surface area contributed by atoms with Crippen molar-refractivity contribution in [2.75, 3.05) is 17.3 Å². The maximum Gasteiger partial charge on any atom is 0.282 e. The number of carbonyl (C=O) groups is 2. The van der Waals surface area contributed by atoms with Crippen molar-refractivity contribution in [1.29, 1.82) is 0 Å². The molecule has 6 nitrogen and oxygen atoms in total. The van der Waals surface area contributed by atoms with Crippen LogP contribution in [0, 0.1) is 13.8 Å². The summed E-state index contributed by atoms with van der Waals surface area (Å²) in [5.41, 5.74) is 4.34. The van der Waals surface area contributed by atoms with Crippen LogP contribution in [-0.4, -0.2) is 25.0 Å². The standard InChI is InChI=1S/C28H28N2O4/c1-17(2)34-23-13-9-20(10-14-23)25-26(29-21-11-15-22(33-5)16-12-21)28(32)30(27(25)31)24-8-6-7-18(3)19(24)4/h6-17,29H,1-5H3. The van der Waals surface area contributed by atoms with Crippen molar-refractivity contribution in [3.63, 3.8) is 0 Å². The highest BCUT2D eigenvalue weighted by atomic mass is 16.5. The van der Waals surface area contributed by atoms with Gasteiger partial charge in [-0.25, -0.2) is 4.90 Å². The number of aryl methyl sites for hydroxylation is 1. The largest absolute Gasteiger partial charge is 0.497 e. The second-order valence-corrected chi connectivity index (χ2v) is 8.46. The van der Waals surface area contributed by atoms with Crippen molar-refractivity contribution < 1.29 is 19.1 Å². The first-order valence-corrected chi connectivity index (χ1v) is 11.2. The average molecular weight is 457 g/mol. The molecule has 0 fully saturated rings. The van der Waals surface area contributed by atoms with Gasteiger partial charge in [0.25, 0.3) is 11.8 Å². The van der Waals surface area contributed by atoms with Crippen molar-refractivity contribution in [1.82, 2.24) is 0 Å². The van der Waals surface area contributed by atoms with E-state index in [2.05, 4.69) is 5.32 Å². The number of hydrogen-bond donors (Lipinski definition) is 1.